The van der Waals surface area contributed by atoms with E-state index in [4.69, 9.17) is 4.74 Å². The number of carboxylic acid groups (broad SMARTS) is 1. The molecule has 0 radical (unpaired) electrons. The zero-order valence-electron chi connectivity index (χ0n) is 13.0. The Kier molecular flexibility index (Phi) is 5.57. The minimum atomic E-state index is -1.07. The maximum Gasteiger partial charge on any atom is 0.327 e. The number of hydrogen-bond acceptors (Lipinski definition) is 3. The van der Waals surface area contributed by atoms with Crippen LogP contribution in [0.5, 0.6) is 5.75 Å². The minimum absolute atomic E-state index is 0.103. The van der Waals surface area contributed by atoms with Crippen molar-refractivity contribution in [2.75, 3.05) is 13.2 Å². The number of aryl methyl sites for hydroxylation is 2. The molecular formula is C16H25NO3. The summed E-state index contributed by atoms with van der Waals surface area (Å²) in [6.07, 6.45) is 0.880. The summed E-state index contributed by atoms with van der Waals surface area (Å²) in [6, 6.07) is 4.04. The summed E-state index contributed by atoms with van der Waals surface area (Å²) in [7, 11) is 0. The van der Waals surface area contributed by atoms with Crippen LogP contribution < -0.4 is 10.1 Å². The third kappa shape index (κ3) is 3.97. The van der Waals surface area contributed by atoms with Crippen molar-refractivity contribution in [3.63, 3.8) is 0 Å². The van der Waals surface area contributed by atoms with E-state index in [-0.39, 0.29) is 6.61 Å². The van der Waals surface area contributed by atoms with Gasteiger partial charge >= 0.3 is 5.97 Å². The molecule has 0 heterocycles. The standard InChI is InChI=1S/C16H25NO3/c1-6-7-17-16(5,15(18)19)10-20-14-9-11(2)8-12(3)13(14)4/h8-9,17H,6-7,10H2,1-5H3,(H,18,19). The highest BCUT2D eigenvalue weighted by atomic mass is 16.5. The Balaban J connectivity index is 2.85. The molecule has 1 atom stereocenters. The van der Waals surface area contributed by atoms with Crippen LogP contribution in [0.4, 0.5) is 0 Å². The third-order valence-corrected chi connectivity index (χ3v) is 3.52. The van der Waals surface area contributed by atoms with Crippen LogP contribution in [0.25, 0.3) is 0 Å². The predicted molar refractivity (Wildman–Crippen MR) is 80.5 cm³/mol. The first-order valence-electron chi connectivity index (χ1n) is 6.99. The van der Waals surface area contributed by atoms with Crippen LogP contribution in [0.3, 0.4) is 0 Å². The van der Waals surface area contributed by atoms with E-state index >= 15 is 0 Å². The molecule has 0 aliphatic heterocycles. The van der Waals surface area contributed by atoms with Crippen molar-refractivity contribution in [2.45, 2.75) is 46.6 Å². The monoisotopic (exact) mass is 279 g/mol. The smallest absolute Gasteiger partial charge is 0.327 e. The van der Waals surface area contributed by atoms with Gasteiger partial charge in [-0.1, -0.05) is 13.0 Å². The number of carboxylic acids is 1. The van der Waals surface area contributed by atoms with E-state index < -0.39 is 11.5 Å². The molecule has 4 heteroatoms. The fraction of sp³-hybridized carbons (Fsp3) is 0.562. The summed E-state index contributed by atoms with van der Waals surface area (Å²) < 4.78 is 5.78. The molecule has 0 saturated heterocycles. The van der Waals surface area contributed by atoms with Crippen molar-refractivity contribution >= 4 is 5.97 Å². The molecule has 1 aromatic carbocycles. The summed E-state index contributed by atoms with van der Waals surface area (Å²) >= 11 is 0. The van der Waals surface area contributed by atoms with E-state index in [2.05, 4.69) is 11.4 Å². The van der Waals surface area contributed by atoms with Gasteiger partial charge in [-0.3, -0.25) is 10.1 Å². The van der Waals surface area contributed by atoms with Gasteiger partial charge in [0.1, 0.15) is 17.9 Å². The molecule has 1 unspecified atom stereocenters. The number of rotatable bonds is 7. The average Bonchev–Trinajstić information content (AvgIpc) is 2.38. The molecule has 0 amide bonds. The highest BCUT2D eigenvalue weighted by molar-refractivity contribution is 5.78. The van der Waals surface area contributed by atoms with Crippen LogP contribution in [-0.2, 0) is 4.79 Å². The fourth-order valence-electron chi connectivity index (χ4n) is 1.96. The number of carbonyl (C=O) groups is 1. The van der Waals surface area contributed by atoms with Crippen molar-refractivity contribution in [1.29, 1.82) is 0 Å². The molecule has 1 rings (SSSR count). The Morgan fingerprint density at radius 1 is 1.35 bits per heavy atom. The lowest BCUT2D eigenvalue weighted by Gasteiger charge is -2.27. The zero-order valence-corrected chi connectivity index (χ0v) is 13.0. The van der Waals surface area contributed by atoms with Crippen LogP contribution in [-0.4, -0.2) is 29.8 Å². The highest BCUT2D eigenvalue weighted by Crippen LogP contribution is 2.24. The van der Waals surface area contributed by atoms with E-state index in [0.717, 1.165) is 28.9 Å². The second kappa shape index (κ2) is 6.75. The number of hydrogen-bond donors (Lipinski definition) is 2. The topological polar surface area (TPSA) is 58.6 Å². The molecule has 0 aliphatic carbocycles. The molecule has 2 N–H and O–H groups in total. The normalized spacial score (nSPS) is 13.8. The molecular weight excluding hydrogens is 254 g/mol. The number of benzene rings is 1. The molecule has 4 nitrogen and oxygen atoms in total. The van der Waals surface area contributed by atoms with Gasteiger partial charge in [0, 0.05) is 0 Å². The zero-order chi connectivity index (χ0) is 15.3. The maximum atomic E-state index is 11.4. The molecule has 112 valence electrons. The van der Waals surface area contributed by atoms with Crippen molar-refractivity contribution in [1.82, 2.24) is 5.32 Å². The lowest BCUT2D eigenvalue weighted by molar-refractivity contribution is -0.145. The molecule has 0 aromatic heterocycles. The lowest BCUT2D eigenvalue weighted by atomic mass is 10.0. The first-order valence-corrected chi connectivity index (χ1v) is 6.99. The summed E-state index contributed by atoms with van der Waals surface area (Å²) in [5, 5.41) is 12.4. The van der Waals surface area contributed by atoms with Crippen LogP contribution in [0, 0.1) is 20.8 Å². The molecule has 0 saturated carbocycles. The minimum Gasteiger partial charge on any atom is -0.491 e. The summed E-state index contributed by atoms with van der Waals surface area (Å²) in [5.41, 5.74) is 2.25. The van der Waals surface area contributed by atoms with E-state index in [1.54, 1.807) is 6.92 Å². The van der Waals surface area contributed by atoms with E-state index in [0.29, 0.717) is 6.54 Å². The fourth-order valence-corrected chi connectivity index (χ4v) is 1.96. The van der Waals surface area contributed by atoms with Crippen molar-refractivity contribution in [3.8, 4) is 5.75 Å². The number of ether oxygens (including phenoxy) is 1. The van der Waals surface area contributed by atoms with Crippen molar-refractivity contribution < 1.29 is 14.6 Å². The van der Waals surface area contributed by atoms with Crippen molar-refractivity contribution in [2.24, 2.45) is 0 Å². The van der Waals surface area contributed by atoms with Crippen LogP contribution in [0.1, 0.15) is 37.0 Å². The quantitative estimate of drug-likeness (QED) is 0.806. The van der Waals surface area contributed by atoms with Gasteiger partial charge in [0.15, 0.2) is 0 Å². The van der Waals surface area contributed by atoms with Crippen LogP contribution in [0.2, 0.25) is 0 Å². The molecule has 0 bridgehead atoms. The number of aliphatic carboxylic acids is 1. The molecule has 20 heavy (non-hydrogen) atoms. The summed E-state index contributed by atoms with van der Waals surface area (Å²) in [6.45, 7) is 10.4. The Morgan fingerprint density at radius 2 is 2.00 bits per heavy atom. The van der Waals surface area contributed by atoms with Gasteiger partial charge in [0.05, 0.1) is 0 Å². The second-order valence-corrected chi connectivity index (χ2v) is 5.56. The lowest BCUT2D eigenvalue weighted by Crippen LogP contribution is -2.54. The summed E-state index contributed by atoms with van der Waals surface area (Å²) in [4.78, 5) is 11.4. The predicted octanol–water partition coefficient (Wildman–Crippen LogP) is 2.83. The Morgan fingerprint density at radius 3 is 2.55 bits per heavy atom. The highest BCUT2D eigenvalue weighted by Gasteiger charge is 2.33. The Hall–Kier alpha value is -1.55. The van der Waals surface area contributed by atoms with E-state index in [9.17, 15) is 9.90 Å². The Labute approximate surface area is 121 Å². The van der Waals surface area contributed by atoms with E-state index in [1.807, 2.05) is 33.8 Å². The van der Waals surface area contributed by atoms with Gasteiger partial charge in [0.25, 0.3) is 0 Å². The van der Waals surface area contributed by atoms with Gasteiger partial charge in [-0.15, -0.1) is 0 Å². The first kappa shape index (κ1) is 16.5. The maximum absolute atomic E-state index is 11.4. The molecule has 1 aromatic rings. The van der Waals surface area contributed by atoms with Gasteiger partial charge in [-0.2, -0.15) is 0 Å². The van der Waals surface area contributed by atoms with Gasteiger partial charge in [0.2, 0.25) is 0 Å². The molecule has 0 spiro atoms. The van der Waals surface area contributed by atoms with Crippen LogP contribution >= 0.6 is 0 Å². The van der Waals surface area contributed by atoms with Crippen LogP contribution in [0.15, 0.2) is 12.1 Å². The van der Waals surface area contributed by atoms with Gasteiger partial charge in [-0.05, 0) is 63.4 Å². The van der Waals surface area contributed by atoms with Crippen molar-refractivity contribution in [3.05, 3.63) is 28.8 Å². The van der Waals surface area contributed by atoms with Gasteiger partial charge < -0.3 is 9.84 Å². The largest absolute Gasteiger partial charge is 0.491 e. The first-order chi connectivity index (χ1) is 9.30. The SMILES string of the molecule is CCCNC(C)(COc1cc(C)cc(C)c1C)C(=O)O. The molecule has 0 fully saturated rings. The number of nitrogens with one attached hydrogen (secondary N) is 1. The Bertz CT molecular complexity index is 485. The summed E-state index contributed by atoms with van der Waals surface area (Å²) in [5.74, 6) is -0.138. The van der Waals surface area contributed by atoms with Gasteiger partial charge in [-0.25, -0.2) is 0 Å². The average molecular weight is 279 g/mol. The third-order valence-electron chi connectivity index (χ3n) is 3.52. The van der Waals surface area contributed by atoms with E-state index in [1.165, 1.54) is 0 Å². The molecule has 0 aliphatic rings. The second-order valence-electron chi connectivity index (χ2n) is 5.56.